The Morgan fingerprint density at radius 2 is 1.94 bits per heavy atom. The van der Waals surface area contributed by atoms with Crippen molar-refractivity contribution in [3.05, 3.63) is 35.9 Å². The highest BCUT2D eigenvalue weighted by Crippen LogP contribution is 2.26. The normalized spacial score (nSPS) is 13.8. The molecule has 1 atom stereocenters. The average molecular weight is 249 g/mol. The maximum atomic E-state index is 12.7. The van der Waals surface area contributed by atoms with Crippen molar-refractivity contribution >= 4 is 11.6 Å². The topological polar surface area (TPSA) is 38.0 Å². The SMILES string of the molecule is NNC(CCCc1ccccc1)C(F)(F)Cl. The lowest BCUT2D eigenvalue weighted by Gasteiger charge is -2.20. The summed E-state index contributed by atoms with van der Waals surface area (Å²) in [4.78, 5) is 0. The van der Waals surface area contributed by atoms with Crippen LogP contribution in [0.5, 0.6) is 0 Å². The molecule has 0 aliphatic heterocycles. The largest absolute Gasteiger partial charge is 0.338 e. The van der Waals surface area contributed by atoms with Gasteiger partial charge >= 0.3 is 5.38 Å². The van der Waals surface area contributed by atoms with Gasteiger partial charge in [-0.3, -0.25) is 5.84 Å². The maximum Gasteiger partial charge on any atom is 0.338 e. The molecule has 0 aliphatic carbocycles. The Hall–Kier alpha value is -0.710. The zero-order chi connectivity index (χ0) is 12.0. The number of alkyl halides is 3. The molecule has 1 unspecified atom stereocenters. The van der Waals surface area contributed by atoms with Crippen LogP contribution < -0.4 is 11.3 Å². The second kappa shape index (κ2) is 6.13. The van der Waals surface area contributed by atoms with E-state index in [0.29, 0.717) is 6.42 Å². The van der Waals surface area contributed by atoms with Gasteiger partial charge in [0.05, 0.1) is 6.04 Å². The molecule has 0 spiro atoms. The molecule has 2 nitrogen and oxygen atoms in total. The summed E-state index contributed by atoms with van der Waals surface area (Å²) in [5.74, 6) is 5.02. The van der Waals surface area contributed by atoms with E-state index in [9.17, 15) is 8.78 Å². The number of rotatable bonds is 6. The first-order valence-electron chi connectivity index (χ1n) is 5.11. The van der Waals surface area contributed by atoms with Crippen LogP contribution in [-0.4, -0.2) is 11.4 Å². The molecular formula is C11H15ClF2N2. The van der Waals surface area contributed by atoms with Gasteiger partial charge in [0.25, 0.3) is 0 Å². The van der Waals surface area contributed by atoms with Gasteiger partial charge in [-0.25, -0.2) is 5.43 Å². The van der Waals surface area contributed by atoms with Gasteiger partial charge in [-0.1, -0.05) is 30.3 Å². The molecule has 1 aromatic carbocycles. The molecule has 0 fully saturated rings. The molecule has 90 valence electrons. The fourth-order valence-electron chi connectivity index (χ4n) is 1.50. The minimum Gasteiger partial charge on any atom is -0.271 e. The van der Waals surface area contributed by atoms with E-state index in [1.54, 1.807) is 0 Å². The van der Waals surface area contributed by atoms with Crippen LogP contribution in [0.3, 0.4) is 0 Å². The average Bonchev–Trinajstić information content (AvgIpc) is 2.24. The highest BCUT2D eigenvalue weighted by molar-refractivity contribution is 6.22. The van der Waals surface area contributed by atoms with E-state index in [-0.39, 0.29) is 6.42 Å². The molecule has 3 N–H and O–H groups in total. The third-order valence-electron chi connectivity index (χ3n) is 2.40. The zero-order valence-electron chi connectivity index (χ0n) is 8.80. The summed E-state index contributed by atoms with van der Waals surface area (Å²) >= 11 is 4.91. The highest BCUT2D eigenvalue weighted by atomic mass is 35.5. The van der Waals surface area contributed by atoms with Gasteiger partial charge in [0.15, 0.2) is 0 Å². The van der Waals surface area contributed by atoms with Crippen molar-refractivity contribution < 1.29 is 8.78 Å². The van der Waals surface area contributed by atoms with Crippen molar-refractivity contribution in [2.45, 2.75) is 30.7 Å². The first-order valence-corrected chi connectivity index (χ1v) is 5.48. The van der Waals surface area contributed by atoms with Crippen LogP contribution in [0, 0.1) is 0 Å². The summed E-state index contributed by atoms with van der Waals surface area (Å²) in [5, 5.41) is -3.30. The summed E-state index contributed by atoms with van der Waals surface area (Å²) in [6, 6.07) is 8.50. The first-order chi connectivity index (χ1) is 7.54. The van der Waals surface area contributed by atoms with Crippen molar-refractivity contribution in [3.8, 4) is 0 Å². The Morgan fingerprint density at radius 3 is 2.44 bits per heavy atom. The summed E-state index contributed by atoms with van der Waals surface area (Å²) in [6.45, 7) is 0. The molecule has 16 heavy (non-hydrogen) atoms. The molecule has 1 rings (SSSR count). The predicted molar refractivity (Wildman–Crippen MR) is 61.3 cm³/mol. The molecule has 0 amide bonds. The zero-order valence-corrected chi connectivity index (χ0v) is 9.55. The minimum atomic E-state index is -3.30. The van der Waals surface area contributed by atoms with Crippen LogP contribution in [0.1, 0.15) is 18.4 Å². The van der Waals surface area contributed by atoms with Crippen LogP contribution >= 0.6 is 11.6 Å². The molecule has 0 saturated carbocycles. The van der Waals surface area contributed by atoms with Gasteiger partial charge in [0.1, 0.15) is 0 Å². The van der Waals surface area contributed by atoms with Gasteiger partial charge in [-0.15, -0.1) is 0 Å². The van der Waals surface area contributed by atoms with Crippen molar-refractivity contribution in [1.82, 2.24) is 5.43 Å². The van der Waals surface area contributed by atoms with Crippen LogP contribution in [0.25, 0.3) is 0 Å². The number of hydrazine groups is 1. The Balaban J connectivity index is 2.35. The Morgan fingerprint density at radius 1 is 1.31 bits per heavy atom. The molecule has 0 heterocycles. The monoisotopic (exact) mass is 248 g/mol. The second-order valence-electron chi connectivity index (χ2n) is 3.64. The van der Waals surface area contributed by atoms with E-state index >= 15 is 0 Å². The quantitative estimate of drug-likeness (QED) is 0.462. The second-order valence-corrected chi connectivity index (χ2v) is 4.14. The van der Waals surface area contributed by atoms with Gasteiger partial charge in [-0.2, -0.15) is 8.78 Å². The number of aryl methyl sites for hydroxylation is 1. The van der Waals surface area contributed by atoms with Gasteiger partial charge < -0.3 is 0 Å². The molecular weight excluding hydrogens is 234 g/mol. The molecule has 5 heteroatoms. The fraction of sp³-hybridized carbons (Fsp3) is 0.455. The maximum absolute atomic E-state index is 12.7. The summed E-state index contributed by atoms with van der Waals surface area (Å²) in [6.07, 6.45) is 1.59. The molecule has 0 aromatic heterocycles. The first kappa shape index (κ1) is 13.4. The third-order valence-corrected chi connectivity index (χ3v) is 2.66. The number of nitrogens with two attached hydrogens (primary N) is 1. The fourth-order valence-corrected chi connectivity index (χ4v) is 1.67. The third kappa shape index (κ3) is 4.43. The number of halogens is 3. The van der Waals surface area contributed by atoms with Gasteiger partial charge in [0, 0.05) is 0 Å². The van der Waals surface area contributed by atoms with Crippen molar-refractivity contribution in [3.63, 3.8) is 0 Å². The summed E-state index contributed by atoms with van der Waals surface area (Å²) in [7, 11) is 0. The molecule has 1 aromatic rings. The standard InChI is InChI=1S/C11H15ClF2N2/c12-11(13,14)10(16-15)8-4-7-9-5-2-1-3-6-9/h1-3,5-6,10,16H,4,7-8,15H2. The Labute approximate surface area is 98.8 Å². The van der Waals surface area contributed by atoms with E-state index < -0.39 is 11.4 Å². The lowest BCUT2D eigenvalue weighted by molar-refractivity contribution is 0.0459. The Kier molecular flexibility index (Phi) is 5.12. The minimum absolute atomic E-state index is 0.238. The number of hydrogen-bond acceptors (Lipinski definition) is 2. The van der Waals surface area contributed by atoms with E-state index in [0.717, 1.165) is 12.0 Å². The van der Waals surface area contributed by atoms with Gasteiger partial charge in [-0.05, 0) is 36.4 Å². The van der Waals surface area contributed by atoms with E-state index in [2.05, 4.69) is 0 Å². The lowest BCUT2D eigenvalue weighted by atomic mass is 10.1. The smallest absolute Gasteiger partial charge is 0.271 e. The van der Waals surface area contributed by atoms with Crippen LogP contribution in [0.15, 0.2) is 30.3 Å². The van der Waals surface area contributed by atoms with Crippen molar-refractivity contribution in [2.24, 2.45) is 5.84 Å². The highest BCUT2D eigenvalue weighted by Gasteiger charge is 2.35. The van der Waals surface area contributed by atoms with Crippen LogP contribution in [0.2, 0.25) is 0 Å². The number of nitrogens with one attached hydrogen (secondary N) is 1. The van der Waals surface area contributed by atoms with E-state index in [1.165, 1.54) is 0 Å². The van der Waals surface area contributed by atoms with E-state index in [1.807, 2.05) is 35.8 Å². The molecule has 0 saturated heterocycles. The summed E-state index contributed by atoms with van der Waals surface area (Å²) in [5.41, 5.74) is 3.17. The molecule has 0 aliphatic rings. The van der Waals surface area contributed by atoms with E-state index in [4.69, 9.17) is 17.4 Å². The molecule has 0 bridgehead atoms. The molecule has 0 radical (unpaired) electrons. The number of hydrogen-bond donors (Lipinski definition) is 2. The number of benzene rings is 1. The lowest BCUT2D eigenvalue weighted by Crippen LogP contribution is -2.45. The van der Waals surface area contributed by atoms with Crippen LogP contribution in [-0.2, 0) is 6.42 Å². The predicted octanol–water partition coefficient (Wildman–Crippen LogP) is 2.67. The van der Waals surface area contributed by atoms with Crippen molar-refractivity contribution in [1.29, 1.82) is 0 Å². The summed E-state index contributed by atoms with van der Waals surface area (Å²) < 4.78 is 25.5. The van der Waals surface area contributed by atoms with Gasteiger partial charge in [0.2, 0.25) is 0 Å². The Bertz CT molecular complexity index is 301. The van der Waals surface area contributed by atoms with Crippen LogP contribution in [0.4, 0.5) is 8.78 Å². The van der Waals surface area contributed by atoms with Crippen molar-refractivity contribution in [2.75, 3.05) is 0 Å².